The maximum Gasteiger partial charge on any atom is 0.236 e. The molecule has 1 aromatic rings. The van der Waals surface area contributed by atoms with Crippen molar-refractivity contribution < 1.29 is 4.79 Å². The molecule has 0 bridgehead atoms. The number of aryl methyl sites for hydroxylation is 1. The number of aromatic amines is 1. The highest BCUT2D eigenvalue weighted by Gasteiger charge is 2.23. The SMILES string of the molecule is CC(C)c1n[nH]c2c1CN(C(=O)CN)CCC2. The van der Waals surface area contributed by atoms with Crippen LogP contribution in [0.15, 0.2) is 0 Å². The molecule has 0 aliphatic carbocycles. The first-order chi connectivity index (χ1) is 8.13. The summed E-state index contributed by atoms with van der Waals surface area (Å²) in [5.74, 6) is 0.400. The highest BCUT2D eigenvalue weighted by molar-refractivity contribution is 5.78. The van der Waals surface area contributed by atoms with Crippen molar-refractivity contribution in [3.05, 3.63) is 17.0 Å². The van der Waals surface area contributed by atoms with E-state index in [0.717, 1.165) is 25.1 Å². The van der Waals surface area contributed by atoms with Crippen LogP contribution in [-0.2, 0) is 17.8 Å². The second-order valence-electron chi connectivity index (χ2n) is 4.84. The fraction of sp³-hybridized carbons (Fsp3) is 0.667. The topological polar surface area (TPSA) is 75.0 Å². The number of hydrogen-bond donors (Lipinski definition) is 2. The summed E-state index contributed by atoms with van der Waals surface area (Å²) < 4.78 is 0. The number of fused-ring (bicyclic) bond motifs is 1. The van der Waals surface area contributed by atoms with Gasteiger partial charge in [0.1, 0.15) is 0 Å². The minimum absolute atomic E-state index is 0.0220. The molecular weight excluding hydrogens is 216 g/mol. The van der Waals surface area contributed by atoms with Crippen molar-refractivity contribution in [2.24, 2.45) is 5.73 Å². The summed E-state index contributed by atoms with van der Waals surface area (Å²) >= 11 is 0. The van der Waals surface area contributed by atoms with Crippen molar-refractivity contribution in [1.29, 1.82) is 0 Å². The van der Waals surface area contributed by atoms with E-state index in [1.807, 2.05) is 4.90 Å². The number of hydrogen-bond acceptors (Lipinski definition) is 3. The van der Waals surface area contributed by atoms with Gasteiger partial charge in [0.25, 0.3) is 0 Å². The van der Waals surface area contributed by atoms with Gasteiger partial charge in [-0.15, -0.1) is 0 Å². The third-order valence-electron chi connectivity index (χ3n) is 3.26. The molecule has 0 spiro atoms. The third kappa shape index (κ3) is 2.34. The molecule has 0 fully saturated rings. The van der Waals surface area contributed by atoms with Crippen molar-refractivity contribution >= 4 is 5.91 Å². The smallest absolute Gasteiger partial charge is 0.236 e. The van der Waals surface area contributed by atoms with Crippen LogP contribution in [-0.4, -0.2) is 34.1 Å². The van der Waals surface area contributed by atoms with E-state index in [2.05, 4.69) is 24.0 Å². The molecule has 0 saturated carbocycles. The minimum atomic E-state index is 0.0220. The lowest BCUT2D eigenvalue weighted by Gasteiger charge is -2.20. The first kappa shape index (κ1) is 12.1. The van der Waals surface area contributed by atoms with Crippen LogP contribution in [0.1, 0.15) is 43.1 Å². The molecule has 1 amide bonds. The summed E-state index contributed by atoms with van der Waals surface area (Å²) in [5, 5.41) is 7.47. The Labute approximate surface area is 101 Å². The van der Waals surface area contributed by atoms with Gasteiger partial charge < -0.3 is 10.6 Å². The highest BCUT2D eigenvalue weighted by Crippen LogP contribution is 2.24. The monoisotopic (exact) mass is 236 g/mol. The molecule has 3 N–H and O–H groups in total. The van der Waals surface area contributed by atoms with Crippen molar-refractivity contribution in [3.8, 4) is 0 Å². The second-order valence-corrected chi connectivity index (χ2v) is 4.84. The molecule has 5 heteroatoms. The Balaban J connectivity index is 2.28. The van der Waals surface area contributed by atoms with Crippen LogP contribution in [0.4, 0.5) is 0 Å². The summed E-state index contributed by atoms with van der Waals surface area (Å²) in [6, 6.07) is 0. The van der Waals surface area contributed by atoms with E-state index in [9.17, 15) is 4.79 Å². The third-order valence-corrected chi connectivity index (χ3v) is 3.26. The Kier molecular flexibility index (Phi) is 3.47. The fourth-order valence-electron chi connectivity index (χ4n) is 2.34. The van der Waals surface area contributed by atoms with Gasteiger partial charge in [-0.3, -0.25) is 9.89 Å². The largest absolute Gasteiger partial charge is 0.337 e. The predicted octanol–water partition coefficient (Wildman–Crippen LogP) is 0.767. The number of H-pyrrole nitrogens is 1. The Morgan fingerprint density at radius 3 is 3.00 bits per heavy atom. The van der Waals surface area contributed by atoms with Gasteiger partial charge in [0.05, 0.1) is 12.2 Å². The second kappa shape index (κ2) is 4.87. The number of amides is 1. The quantitative estimate of drug-likeness (QED) is 0.796. The lowest BCUT2D eigenvalue weighted by atomic mass is 10.0. The van der Waals surface area contributed by atoms with E-state index in [1.54, 1.807) is 0 Å². The van der Waals surface area contributed by atoms with Gasteiger partial charge in [-0.05, 0) is 18.8 Å². The van der Waals surface area contributed by atoms with Crippen molar-refractivity contribution in [3.63, 3.8) is 0 Å². The van der Waals surface area contributed by atoms with Crippen LogP contribution >= 0.6 is 0 Å². The number of carbonyl (C=O) groups excluding carboxylic acids is 1. The molecule has 94 valence electrons. The van der Waals surface area contributed by atoms with Gasteiger partial charge in [0.15, 0.2) is 0 Å². The molecule has 0 saturated heterocycles. The number of nitrogens with two attached hydrogens (primary N) is 1. The summed E-state index contributed by atoms with van der Waals surface area (Å²) in [6.45, 7) is 5.77. The van der Waals surface area contributed by atoms with Gasteiger partial charge in [-0.2, -0.15) is 5.10 Å². The molecular formula is C12H20N4O. The standard InChI is InChI=1S/C12H20N4O/c1-8(2)12-9-7-16(11(17)6-13)5-3-4-10(9)14-15-12/h8H,3-7,13H2,1-2H3,(H,14,15). The van der Waals surface area contributed by atoms with E-state index in [0.29, 0.717) is 12.5 Å². The number of nitrogens with one attached hydrogen (secondary N) is 1. The van der Waals surface area contributed by atoms with E-state index >= 15 is 0 Å². The number of carbonyl (C=O) groups is 1. The molecule has 0 unspecified atom stereocenters. The number of aromatic nitrogens is 2. The van der Waals surface area contributed by atoms with Crippen LogP contribution in [0.3, 0.4) is 0 Å². The first-order valence-corrected chi connectivity index (χ1v) is 6.17. The van der Waals surface area contributed by atoms with Crippen LogP contribution in [0.5, 0.6) is 0 Å². The molecule has 2 rings (SSSR count). The first-order valence-electron chi connectivity index (χ1n) is 6.17. The normalized spacial score (nSPS) is 15.9. The lowest BCUT2D eigenvalue weighted by molar-refractivity contribution is -0.130. The fourth-order valence-corrected chi connectivity index (χ4v) is 2.34. The maximum absolute atomic E-state index is 11.7. The molecule has 1 aliphatic rings. The lowest BCUT2D eigenvalue weighted by Crippen LogP contribution is -2.35. The van der Waals surface area contributed by atoms with E-state index < -0.39 is 0 Å². The minimum Gasteiger partial charge on any atom is -0.337 e. The zero-order valence-electron chi connectivity index (χ0n) is 10.5. The Morgan fingerprint density at radius 2 is 2.35 bits per heavy atom. The number of rotatable bonds is 2. The molecule has 2 heterocycles. The molecule has 0 aromatic carbocycles. The van der Waals surface area contributed by atoms with Gasteiger partial charge in [-0.1, -0.05) is 13.8 Å². The van der Waals surface area contributed by atoms with E-state index in [1.165, 1.54) is 11.3 Å². The molecule has 5 nitrogen and oxygen atoms in total. The van der Waals surface area contributed by atoms with Crippen LogP contribution in [0, 0.1) is 0 Å². The average Bonchev–Trinajstić information content (AvgIpc) is 2.59. The average molecular weight is 236 g/mol. The Bertz CT molecular complexity index is 411. The van der Waals surface area contributed by atoms with E-state index in [4.69, 9.17) is 5.73 Å². The van der Waals surface area contributed by atoms with Crippen LogP contribution in [0.25, 0.3) is 0 Å². The molecule has 17 heavy (non-hydrogen) atoms. The van der Waals surface area contributed by atoms with Crippen LogP contribution < -0.4 is 5.73 Å². The van der Waals surface area contributed by atoms with Crippen LogP contribution in [0.2, 0.25) is 0 Å². The zero-order valence-corrected chi connectivity index (χ0v) is 10.5. The van der Waals surface area contributed by atoms with Crippen molar-refractivity contribution in [2.75, 3.05) is 13.1 Å². The zero-order chi connectivity index (χ0) is 12.4. The summed E-state index contributed by atoms with van der Waals surface area (Å²) in [4.78, 5) is 13.5. The Hall–Kier alpha value is -1.36. The molecule has 1 aliphatic heterocycles. The summed E-state index contributed by atoms with van der Waals surface area (Å²) in [6.07, 6.45) is 1.93. The Morgan fingerprint density at radius 1 is 1.59 bits per heavy atom. The number of nitrogens with zero attached hydrogens (tertiary/aromatic N) is 2. The van der Waals surface area contributed by atoms with E-state index in [-0.39, 0.29) is 12.5 Å². The van der Waals surface area contributed by atoms with Crippen molar-refractivity contribution in [1.82, 2.24) is 15.1 Å². The molecule has 0 radical (unpaired) electrons. The summed E-state index contributed by atoms with van der Waals surface area (Å²) in [5.41, 5.74) is 8.89. The maximum atomic E-state index is 11.7. The molecule has 0 atom stereocenters. The summed E-state index contributed by atoms with van der Waals surface area (Å²) in [7, 11) is 0. The van der Waals surface area contributed by atoms with Gasteiger partial charge in [0.2, 0.25) is 5.91 Å². The van der Waals surface area contributed by atoms with Gasteiger partial charge in [-0.25, -0.2) is 0 Å². The predicted molar refractivity (Wildman–Crippen MR) is 65.5 cm³/mol. The highest BCUT2D eigenvalue weighted by atomic mass is 16.2. The van der Waals surface area contributed by atoms with Gasteiger partial charge >= 0.3 is 0 Å². The van der Waals surface area contributed by atoms with Gasteiger partial charge in [0, 0.05) is 24.3 Å². The molecule has 1 aromatic heterocycles. The van der Waals surface area contributed by atoms with Crippen molar-refractivity contribution in [2.45, 2.75) is 39.2 Å².